The molecule has 9 nitrogen and oxygen atoms in total. The summed E-state index contributed by atoms with van der Waals surface area (Å²) in [5, 5.41) is 14.2. The van der Waals surface area contributed by atoms with Crippen LogP contribution in [0.5, 0.6) is 0 Å². The third-order valence-electron chi connectivity index (χ3n) is 6.98. The first-order chi connectivity index (χ1) is 20.3. The fourth-order valence-electron chi connectivity index (χ4n) is 4.81. The number of furan rings is 1. The number of rotatable bonds is 9. The molecular weight excluding hydrogens is 554 g/mol. The highest BCUT2D eigenvalue weighted by atomic mass is 32.2. The topological polar surface area (TPSA) is 142 Å². The maximum absolute atomic E-state index is 13.1. The Bertz CT molecular complexity index is 1990. The number of benzene rings is 4. The predicted molar refractivity (Wildman–Crippen MR) is 160 cm³/mol. The number of nitrogens with one attached hydrogen (secondary N) is 3. The van der Waals surface area contributed by atoms with Crippen molar-refractivity contribution < 1.29 is 27.5 Å². The molecule has 2 aromatic heterocycles. The van der Waals surface area contributed by atoms with Crippen LogP contribution in [0.3, 0.4) is 0 Å². The second-order valence-electron chi connectivity index (χ2n) is 9.78. The van der Waals surface area contributed by atoms with Crippen molar-refractivity contribution in [2.24, 2.45) is 0 Å². The summed E-state index contributed by atoms with van der Waals surface area (Å²) in [6, 6.07) is 28.4. The third kappa shape index (κ3) is 5.53. The van der Waals surface area contributed by atoms with Crippen molar-refractivity contribution in [3.8, 4) is 11.1 Å². The van der Waals surface area contributed by atoms with E-state index >= 15 is 0 Å². The number of carboxylic acids is 1. The highest BCUT2D eigenvalue weighted by molar-refractivity contribution is 7.89. The summed E-state index contributed by atoms with van der Waals surface area (Å²) in [5.74, 6) is -1.43. The van der Waals surface area contributed by atoms with E-state index in [1.165, 1.54) is 12.1 Å². The molecule has 4 N–H and O–H groups in total. The van der Waals surface area contributed by atoms with Gasteiger partial charge >= 0.3 is 5.97 Å². The average molecular weight is 580 g/mol. The van der Waals surface area contributed by atoms with Crippen LogP contribution in [0.25, 0.3) is 33.0 Å². The molecular formula is C32H25N3O6S. The molecule has 42 heavy (non-hydrogen) atoms. The van der Waals surface area contributed by atoms with Gasteiger partial charge in [-0.3, -0.25) is 9.59 Å². The second-order valence-corrected chi connectivity index (χ2v) is 11.5. The van der Waals surface area contributed by atoms with E-state index in [1.807, 2.05) is 42.5 Å². The SMILES string of the molecule is O=C(Nc1ccc(-c2ccc(S(=O)(=O)N[C@H](Cc3c[nH]c4ccccc34)C(=O)O)cc2)cc1)c1cc2ccccc2o1. The van der Waals surface area contributed by atoms with E-state index in [1.54, 1.807) is 54.7 Å². The number of carbonyl (C=O) groups excluding carboxylic acids is 1. The number of carboxylic acid groups (broad SMARTS) is 1. The molecule has 0 saturated carbocycles. The molecule has 0 unspecified atom stereocenters. The lowest BCUT2D eigenvalue weighted by Crippen LogP contribution is -2.42. The summed E-state index contributed by atoms with van der Waals surface area (Å²) in [4.78, 5) is 27.6. The Morgan fingerprint density at radius 1 is 0.857 bits per heavy atom. The van der Waals surface area contributed by atoms with Crippen molar-refractivity contribution in [3.05, 3.63) is 121 Å². The van der Waals surface area contributed by atoms with Crippen LogP contribution in [-0.2, 0) is 21.2 Å². The van der Waals surface area contributed by atoms with Crippen molar-refractivity contribution in [1.82, 2.24) is 9.71 Å². The van der Waals surface area contributed by atoms with Gasteiger partial charge in [0.05, 0.1) is 4.90 Å². The van der Waals surface area contributed by atoms with E-state index in [-0.39, 0.29) is 23.0 Å². The first kappa shape index (κ1) is 27.0. The zero-order valence-corrected chi connectivity index (χ0v) is 22.9. The lowest BCUT2D eigenvalue weighted by Gasteiger charge is -2.15. The minimum Gasteiger partial charge on any atom is -0.480 e. The lowest BCUT2D eigenvalue weighted by atomic mass is 10.1. The van der Waals surface area contributed by atoms with Crippen molar-refractivity contribution in [2.75, 3.05) is 5.32 Å². The third-order valence-corrected chi connectivity index (χ3v) is 8.47. The van der Waals surface area contributed by atoms with E-state index in [0.29, 0.717) is 16.8 Å². The molecule has 0 bridgehead atoms. The Balaban J connectivity index is 1.13. The summed E-state index contributed by atoms with van der Waals surface area (Å²) in [5.41, 5.74) is 4.30. The second kappa shape index (κ2) is 11.0. The van der Waals surface area contributed by atoms with Crippen molar-refractivity contribution >= 4 is 49.5 Å². The predicted octanol–water partition coefficient (Wildman–Crippen LogP) is 5.81. The van der Waals surface area contributed by atoms with Crippen LogP contribution in [0.1, 0.15) is 16.1 Å². The number of amides is 1. The van der Waals surface area contributed by atoms with Gasteiger partial charge in [0.1, 0.15) is 11.6 Å². The molecule has 0 aliphatic heterocycles. The van der Waals surface area contributed by atoms with Crippen LogP contribution in [0.15, 0.2) is 119 Å². The number of carbonyl (C=O) groups is 2. The van der Waals surface area contributed by atoms with Crippen LogP contribution >= 0.6 is 0 Å². The number of hydrogen-bond donors (Lipinski definition) is 4. The number of hydrogen-bond acceptors (Lipinski definition) is 5. The standard InChI is InChI=1S/C32H25N3O6S/c36-31(30-18-22-5-1-4-8-29(22)41-30)34-24-13-9-20(10-14-24)21-11-15-25(16-12-21)42(39,40)35-28(32(37)38)17-23-19-33-27-7-3-2-6-26(23)27/h1-16,18-19,28,33,35H,17H2,(H,34,36)(H,37,38)/t28-/m1/s1. The minimum absolute atomic E-state index is 0.0180. The number of anilines is 1. The first-order valence-corrected chi connectivity index (χ1v) is 14.6. The zero-order valence-electron chi connectivity index (χ0n) is 22.1. The molecule has 0 aliphatic rings. The molecule has 6 aromatic rings. The number of H-pyrrole nitrogens is 1. The number of fused-ring (bicyclic) bond motifs is 2. The fourth-order valence-corrected chi connectivity index (χ4v) is 6.00. The van der Waals surface area contributed by atoms with Gasteiger partial charge < -0.3 is 19.8 Å². The number of aromatic nitrogens is 1. The number of sulfonamides is 1. The molecule has 10 heteroatoms. The molecule has 2 heterocycles. The van der Waals surface area contributed by atoms with Gasteiger partial charge in [-0.2, -0.15) is 4.72 Å². The van der Waals surface area contributed by atoms with Crippen LogP contribution in [0.4, 0.5) is 5.69 Å². The van der Waals surface area contributed by atoms with E-state index in [9.17, 15) is 23.1 Å². The van der Waals surface area contributed by atoms with Crippen LogP contribution in [0.2, 0.25) is 0 Å². The molecule has 210 valence electrons. The maximum Gasteiger partial charge on any atom is 0.322 e. The maximum atomic E-state index is 13.1. The molecule has 1 atom stereocenters. The Labute approximate surface area is 240 Å². The molecule has 0 spiro atoms. The van der Waals surface area contributed by atoms with Gasteiger partial charge in [0.15, 0.2) is 5.76 Å². The molecule has 4 aromatic carbocycles. The molecule has 6 rings (SSSR count). The highest BCUT2D eigenvalue weighted by Crippen LogP contribution is 2.25. The lowest BCUT2D eigenvalue weighted by molar-refractivity contribution is -0.138. The van der Waals surface area contributed by atoms with E-state index in [2.05, 4.69) is 15.0 Å². The highest BCUT2D eigenvalue weighted by Gasteiger charge is 2.26. The number of para-hydroxylation sites is 2. The Morgan fingerprint density at radius 3 is 2.24 bits per heavy atom. The fraction of sp³-hybridized carbons (Fsp3) is 0.0625. The molecule has 0 radical (unpaired) electrons. The van der Waals surface area contributed by atoms with Crippen LogP contribution in [-0.4, -0.2) is 36.4 Å². The zero-order chi connectivity index (χ0) is 29.3. The van der Waals surface area contributed by atoms with Gasteiger partial charge in [-0.05, 0) is 59.2 Å². The first-order valence-electron chi connectivity index (χ1n) is 13.1. The monoisotopic (exact) mass is 579 g/mol. The summed E-state index contributed by atoms with van der Waals surface area (Å²) in [7, 11) is -4.11. The Morgan fingerprint density at radius 2 is 1.52 bits per heavy atom. The average Bonchev–Trinajstić information content (AvgIpc) is 3.62. The van der Waals surface area contributed by atoms with Gasteiger partial charge in [0, 0.05) is 34.6 Å². The van der Waals surface area contributed by atoms with Gasteiger partial charge in [-0.1, -0.05) is 60.7 Å². The van der Waals surface area contributed by atoms with E-state index in [4.69, 9.17) is 4.42 Å². The Hall–Kier alpha value is -5.19. The van der Waals surface area contributed by atoms with Crippen LogP contribution in [0, 0.1) is 0 Å². The summed E-state index contributed by atoms with van der Waals surface area (Å²) >= 11 is 0. The normalized spacial score (nSPS) is 12.4. The van der Waals surface area contributed by atoms with E-state index < -0.39 is 22.0 Å². The molecule has 0 aliphatic carbocycles. The minimum atomic E-state index is -4.11. The summed E-state index contributed by atoms with van der Waals surface area (Å²) in [6.07, 6.45) is 1.68. The van der Waals surface area contributed by atoms with Crippen LogP contribution < -0.4 is 10.0 Å². The molecule has 1 amide bonds. The molecule has 0 fully saturated rings. The van der Waals surface area contributed by atoms with Gasteiger partial charge in [0.2, 0.25) is 10.0 Å². The van der Waals surface area contributed by atoms with Gasteiger partial charge in [-0.15, -0.1) is 0 Å². The van der Waals surface area contributed by atoms with Gasteiger partial charge in [0.25, 0.3) is 5.91 Å². The smallest absolute Gasteiger partial charge is 0.322 e. The van der Waals surface area contributed by atoms with Gasteiger partial charge in [-0.25, -0.2) is 8.42 Å². The quantitative estimate of drug-likeness (QED) is 0.170. The number of aromatic amines is 1. The van der Waals surface area contributed by atoms with Crippen molar-refractivity contribution in [3.63, 3.8) is 0 Å². The Kier molecular flexibility index (Phi) is 7.07. The largest absolute Gasteiger partial charge is 0.480 e. The number of aliphatic carboxylic acids is 1. The summed E-state index contributed by atoms with van der Waals surface area (Å²) in [6.45, 7) is 0. The van der Waals surface area contributed by atoms with E-state index in [0.717, 1.165) is 27.4 Å². The summed E-state index contributed by atoms with van der Waals surface area (Å²) < 4.78 is 34.1. The van der Waals surface area contributed by atoms with Crippen molar-refractivity contribution in [2.45, 2.75) is 17.4 Å². The van der Waals surface area contributed by atoms with Crippen molar-refractivity contribution in [1.29, 1.82) is 0 Å². The molecule has 0 saturated heterocycles.